The first-order valence-corrected chi connectivity index (χ1v) is 6.92. The molecule has 20 heavy (non-hydrogen) atoms. The monoisotopic (exact) mass is 283 g/mol. The Hall–Kier alpha value is -2.13. The van der Waals surface area contributed by atoms with Gasteiger partial charge in [-0.1, -0.05) is 41.9 Å². The van der Waals surface area contributed by atoms with Gasteiger partial charge < -0.3 is 0 Å². The highest BCUT2D eigenvalue weighted by molar-refractivity contribution is 6.30. The van der Waals surface area contributed by atoms with Gasteiger partial charge in [0, 0.05) is 22.7 Å². The molecule has 1 aromatic heterocycles. The number of nitrogens with zero attached hydrogens (tertiary/aromatic N) is 3. The molecule has 0 radical (unpaired) electrons. The Kier molecular flexibility index (Phi) is 3.52. The van der Waals surface area contributed by atoms with E-state index in [9.17, 15) is 0 Å². The molecule has 0 saturated heterocycles. The number of aromatic nitrogens is 3. The van der Waals surface area contributed by atoms with E-state index < -0.39 is 0 Å². The van der Waals surface area contributed by atoms with Crippen molar-refractivity contribution in [2.24, 2.45) is 0 Å². The van der Waals surface area contributed by atoms with Crippen molar-refractivity contribution in [2.45, 2.75) is 13.5 Å². The number of benzene rings is 2. The van der Waals surface area contributed by atoms with Crippen LogP contribution in [0, 0.1) is 0 Å². The van der Waals surface area contributed by atoms with Crippen molar-refractivity contribution >= 4 is 11.6 Å². The topological polar surface area (TPSA) is 30.7 Å². The Morgan fingerprint density at radius 2 is 1.65 bits per heavy atom. The highest BCUT2D eigenvalue weighted by Crippen LogP contribution is 2.23. The molecule has 2 aromatic carbocycles. The van der Waals surface area contributed by atoms with E-state index in [-0.39, 0.29) is 0 Å². The van der Waals surface area contributed by atoms with E-state index in [1.165, 1.54) is 0 Å². The van der Waals surface area contributed by atoms with Gasteiger partial charge >= 0.3 is 0 Å². The van der Waals surface area contributed by atoms with E-state index >= 15 is 0 Å². The molecule has 0 aliphatic rings. The van der Waals surface area contributed by atoms with Crippen molar-refractivity contribution in [3.05, 3.63) is 59.6 Å². The summed E-state index contributed by atoms with van der Waals surface area (Å²) >= 11 is 5.91. The highest BCUT2D eigenvalue weighted by Gasteiger charge is 2.11. The van der Waals surface area contributed by atoms with Crippen LogP contribution in [0.3, 0.4) is 0 Å². The molecule has 0 amide bonds. The van der Waals surface area contributed by atoms with Crippen LogP contribution in [-0.2, 0) is 6.54 Å². The van der Waals surface area contributed by atoms with Crippen LogP contribution in [0.4, 0.5) is 0 Å². The molecule has 4 heteroatoms. The van der Waals surface area contributed by atoms with Gasteiger partial charge in [-0.25, -0.2) is 9.67 Å². The maximum absolute atomic E-state index is 5.91. The van der Waals surface area contributed by atoms with Crippen molar-refractivity contribution in [1.29, 1.82) is 0 Å². The minimum Gasteiger partial charge on any atom is -0.245 e. The summed E-state index contributed by atoms with van der Waals surface area (Å²) in [5.41, 5.74) is 2.04. The van der Waals surface area contributed by atoms with Crippen LogP contribution in [0.2, 0.25) is 5.02 Å². The fraction of sp³-hybridized carbons (Fsp3) is 0.125. The molecule has 0 spiro atoms. The maximum Gasteiger partial charge on any atom is 0.181 e. The first kappa shape index (κ1) is 12.9. The molecule has 1 heterocycles. The molecule has 0 unspecified atom stereocenters. The van der Waals surface area contributed by atoms with Crippen LogP contribution in [0.5, 0.6) is 0 Å². The second kappa shape index (κ2) is 5.47. The summed E-state index contributed by atoms with van der Waals surface area (Å²) < 4.78 is 1.92. The van der Waals surface area contributed by atoms with Gasteiger partial charge in [-0.3, -0.25) is 0 Å². The fourth-order valence-corrected chi connectivity index (χ4v) is 2.21. The molecule has 0 aliphatic carbocycles. The number of hydrogen-bond donors (Lipinski definition) is 0. The minimum absolute atomic E-state index is 0.715. The van der Waals surface area contributed by atoms with Gasteiger partial charge in [-0.05, 0) is 31.2 Å². The number of rotatable bonds is 3. The molecule has 3 nitrogen and oxygen atoms in total. The second-order valence-corrected chi connectivity index (χ2v) is 4.88. The lowest BCUT2D eigenvalue weighted by atomic mass is 10.2. The van der Waals surface area contributed by atoms with E-state index in [4.69, 9.17) is 11.6 Å². The molecule has 0 N–H and O–H groups in total. The zero-order chi connectivity index (χ0) is 13.9. The van der Waals surface area contributed by atoms with Gasteiger partial charge in [-0.2, -0.15) is 5.10 Å². The largest absolute Gasteiger partial charge is 0.245 e. The summed E-state index contributed by atoms with van der Waals surface area (Å²) in [6.07, 6.45) is 0. The molecule has 0 aliphatic heterocycles. The molecule has 100 valence electrons. The van der Waals surface area contributed by atoms with Gasteiger partial charge in [0.15, 0.2) is 11.6 Å². The third-order valence-corrected chi connectivity index (χ3v) is 3.36. The van der Waals surface area contributed by atoms with Gasteiger partial charge in [0.1, 0.15) is 0 Å². The number of halogens is 1. The third-order valence-electron chi connectivity index (χ3n) is 3.11. The lowest BCUT2D eigenvalue weighted by molar-refractivity contribution is 0.668. The summed E-state index contributed by atoms with van der Waals surface area (Å²) in [6.45, 7) is 2.84. The minimum atomic E-state index is 0.715. The van der Waals surface area contributed by atoms with Crippen molar-refractivity contribution in [3.8, 4) is 22.8 Å². The van der Waals surface area contributed by atoms with Crippen molar-refractivity contribution in [3.63, 3.8) is 0 Å². The molecule has 0 fully saturated rings. The first-order valence-electron chi connectivity index (χ1n) is 6.54. The molecule has 0 bridgehead atoms. The fourth-order valence-electron chi connectivity index (χ4n) is 2.08. The van der Waals surface area contributed by atoms with Crippen LogP contribution >= 0.6 is 11.6 Å². The SMILES string of the molecule is CCn1nc(-c2ccc(Cl)cc2)nc1-c1ccccc1. The Balaban J connectivity index is 2.07. The number of aryl methyl sites for hydroxylation is 1. The van der Waals surface area contributed by atoms with Gasteiger partial charge in [0.2, 0.25) is 0 Å². The van der Waals surface area contributed by atoms with E-state index in [2.05, 4.69) is 17.0 Å². The predicted octanol–water partition coefficient (Wildman–Crippen LogP) is 4.29. The quantitative estimate of drug-likeness (QED) is 0.718. The van der Waals surface area contributed by atoms with Crippen LogP contribution in [-0.4, -0.2) is 14.8 Å². The van der Waals surface area contributed by atoms with Crippen molar-refractivity contribution < 1.29 is 0 Å². The van der Waals surface area contributed by atoms with Gasteiger partial charge in [0.05, 0.1) is 0 Å². The predicted molar refractivity (Wildman–Crippen MR) is 81.6 cm³/mol. The molecule has 3 aromatic rings. The van der Waals surface area contributed by atoms with Crippen molar-refractivity contribution in [2.75, 3.05) is 0 Å². The van der Waals surface area contributed by atoms with Crippen LogP contribution in [0.25, 0.3) is 22.8 Å². The third kappa shape index (κ3) is 2.45. The van der Waals surface area contributed by atoms with E-state index in [0.717, 1.165) is 29.3 Å². The Morgan fingerprint density at radius 3 is 2.30 bits per heavy atom. The molecule has 3 rings (SSSR count). The zero-order valence-corrected chi connectivity index (χ0v) is 11.9. The summed E-state index contributed by atoms with van der Waals surface area (Å²) in [6, 6.07) is 17.7. The lowest BCUT2D eigenvalue weighted by Crippen LogP contribution is -1.99. The maximum atomic E-state index is 5.91. The standard InChI is InChI=1S/C16H14ClN3/c1-2-20-16(13-6-4-3-5-7-13)18-15(19-20)12-8-10-14(17)11-9-12/h3-11H,2H2,1H3. The van der Waals surface area contributed by atoms with Crippen LogP contribution < -0.4 is 0 Å². The van der Waals surface area contributed by atoms with E-state index in [1.54, 1.807) is 0 Å². The Bertz CT molecular complexity index is 702. The molecular weight excluding hydrogens is 270 g/mol. The first-order chi connectivity index (χ1) is 9.78. The smallest absolute Gasteiger partial charge is 0.181 e. The summed E-state index contributed by atoms with van der Waals surface area (Å²) in [7, 11) is 0. The normalized spacial score (nSPS) is 10.7. The van der Waals surface area contributed by atoms with Gasteiger partial charge in [0.25, 0.3) is 0 Å². The van der Waals surface area contributed by atoms with E-state index in [1.807, 2.05) is 59.3 Å². The second-order valence-electron chi connectivity index (χ2n) is 4.45. The molecule has 0 atom stereocenters. The Labute approximate surface area is 122 Å². The highest BCUT2D eigenvalue weighted by atomic mass is 35.5. The van der Waals surface area contributed by atoms with E-state index in [0.29, 0.717) is 5.02 Å². The number of hydrogen-bond acceptors (Lipinski definition) is 2. The zero-order valence-electron chi connectivity index (χ0n) is 11.1. The Morgan fingerprint density at radius 1 is 0.950 bits per heavy atom. The van der Waals surface area contributed by atoms with Crippen LogP contribution in [0.15, 0.2) is 54.6 Å². The lowest BCUT2D eigenvalue weighted by Gasteiger charge is -2.01. The molecular formula is C16H14ClN3. The summed E-state index contributed by atoms with van der Waals surface area (Å²) in [5.74, 6) is 1.61. The average molecular weight is 284 g/mol. The van der Waals surface area contributed by atoms with Crippen molar-refractivity contribution in [1.82, 2.24) is 14.8 Å². The average Bonchev–Trinajstić information content (AvgIpc) is 2.93. The summed E-state index contributed by atoms with van der Waals surface area (Å²) in [4.78, 5) is 4.66. The molecule has 0 saturated carbocycles. The van der Waals surface area contributed by atoms with Crippen LogP contribution in [0.1, 0.15) is 6.92 Å². The summed E-state index contributed by atoms with van der Waals surface area (Å²) in [5, 5.41) is 5.28. The van der Waals surface area contributed by atoms with Gasteiger partial charge in [-0.15, -0.1) is 0 Å².